The van der Waals surface area contributed by atoms with Crippen LogP contribution in [0.25, 0.3) is 0 Å². The Morgan fingerprint density at radius 2 is 1.75 bits per heavy atom. The molecule has 1 aliphatic rings. The Balaban J connectivity index is 2.33. The van der Waals surface area contributed by atoms with E-state index in [2.05, 4.69) is 5.32 Å². The molecule has 0 aromatic carbocycles. The van der Waals surface area contributed by atoms with E-state index in [1.165, 1.54) is 4.90 Å². The normalized spacial score (nSPS) is 15.8. The highest BCUT2D eigenvalue weighted by Gasteiger charge is 2.21. The highest BCUT2D eigenvalue weighted by Crippen LogP contribution is 2.00. The van der Waals surface area contributed by atoms with Crippen LogP contribution in [0, 0.1) is 5.41 Å². The lowest BCUT2D eigenvalue weighted by Gasteiger charge is -2.34. The number of carboxylic acid groups (broad SMARTS) is 1. The summed E-state index contributed by atoms with van der Waals surface area (Å²) in [6.07, 6.45) is 0. The quantitative estimate of drug-likeness (QED) is 0.332. The van der Waals surface area contributed by atoms with Gasteiger partial charge in [-0.2, -0.15) is 0 Å². The van der Waals surface area contributed by atoms with Gasteiger partial charge in [0, 0.05) is 26.2 Å². The number of nitrogens with zero attached hydrogens (tertiary/aromatic N) is 2. The molecular formula is C8H15N5O3. The monoisotopic (exact) mass is 229 g/mol. The van der Waals surface area contributed by atoms with E-state index in [9.17, 15) is 9.59 Å². The largest absolute Gasteiger partial charge is 0.480 e. The maximum atomic E-state index is 11.4. The van der Waals surface area contributed by atoms with Crippen molar-refractivity contribution in [3.8, 4) is 0 Å². The highest BCUT2D eigenvalue weighted by atomic mass is 16.4. The lowest BCUT2D eigenvalue weighted by molar-refractivity contribution is -0.135. The van der Waals surface area contributed by atoms with Crippen molar-refractivity contribution in [3.63, 3.8) is 0 Å². The van der Waals surface area contributed by atoms with Gasteiger partial charge in [0.05, 0.1) is 0 Å². The van der Waals surface area contributed by atoms with E-state index < -0.39 is 12.0 Å². The Hall–Kier alpha value is -1.99. The summed E-state index contributed by atoms with van der Waals surface area (Å²) in [6.45, 7) is 1.48. The minimum Gasteiger partial charge on any atom is -0.480 e. The topological polar surface area (TPSA) is 123 Å². The van der Waals surface area contributed by atoms with Gasteiger partial charge < -0.3 is 26.0 Å². The summed E-state index contributed by atoms with van der Waals surface area (Å²) in [4.78, 5) is 24.8. The highest BCUT2D eigenvalue weighted by molar-refractivity contribution is 5.80. The van der Waals surface area contributed by atoms with Crippen LogP contribution in [0.1, 0.15) is 0 Å². The van der Waals surface area contributed by atoms with Gasteiger partial charge in [-0.15, -0.1) is 0 Å². The number of carboxylic acids is 1. The Labute approximate surface area is 92.5 Å². The van der Waals surface area contributed by atoms with E-state index in [1.54, 1.807) is 4.90 Å². The standard InChI is InChI=1S/C8H15N5O3/c9-7(10)12-1-3-13(4-2-12)8(16)11-5-6(14)15/h1-5H2,(H3,9,10)(H,11,16)(H,14,15). The van der Waals surface area contributed by atoms with Crippen molar-refractivity contribution in [2.24, 2.45) is 5.73 Å². The SMILES string of the molecule is N=C(N)N1CCN(C(=O)NCC(=O)O)CC1. The Morgan fingerprint density at radius 1 is 1.25 bits per heavy atom. The number of hydrogen-bond donors (Lipinski definition) is 4. The lowest BCUT2D eigenvalue weighted by Crippen LogP contribution is -2.54. The molecule has 0 atom stereocenters. The second-order valence-electron chi connectivity index (χ2n) is 3.41. The summed E-state index contributed by atoms with van der Waals surface area (Å²) in [5.41, 5.74) is 5.30. The number of nitrogens with two attached hydrogens (primary N) is 1. The van der Waals surface area contributed by atoms with E-state index in [1.807, 2.05) is 0 Å². The number of nitrogens with one attached hydrogen (secondary N) is 2. The molecule has 1 saturated heterocycles. The summed E-state index contributed by atoms with van der Waals surface area (Å²) in [5, 5.41) is 17.9. The molecule has 1 heterocycles. The molecule has 0 unspecified atom stereocenters. The van der Waals surface area contributed by atoms with Crippen LogP contribution in [0.2, 0.25) is 0 Å². The van der Waals surface area contributed by atoms with E-state index in [0.29, 0.717) is 26.2 Å². The molecule has 2 amide bonds. The van der Waals surface area contributed by atoms with Crippen molar-refractivity contribution >= 4 is 18.0 Å². The number of aliphatic carboxylic acids is 1. The molecule has 1 rings (SSSR count). The molecule has 0 radical (unpaired) electrons. The number of carbonyl (C=O) groups is 2. The maximum Gasteiger partial charge on any atom is 0.323 e. The summed E-state index contributed by atoms with van der Waals surface area (Å²) in [5.74, 6) is -1.08. The first-order valence-electron chi connectivity index (χ1n) is 4.84. The van der Waals surface area contributed by atoms with Gasteiger partial charge in [-0.25, -0.2) is 4.79 Å². The predicted octanol–water partition coefficient (Wildman–Crippen LogP) is -1.71. The summed E-state index contributed by atoms with van der Waals surface area (Å²) in [6, 6.07) is -0.398. The van der Waals surface area contributed by atoms with Crippen molar-refractivity contribution in [1.29, 1.82) is 5.41 Å². The molecule has 0 aromatic heterocycles. The number of hydrogen-bond acceptors (Lipinski definition) is 3. The van der Waals surface area contributed by atoms with Gasteiger partial charge in [-0.1, -0.05) is 0 Å². The number of piperazine rings is 1. The molecular weight excluding hydrogens is 214 g/mol. The zero-order chi connectivity index (χ0) is 12.1. The fraction of sp³-hybridized carbons (Fsp3) is 0.625. The number of guanidine groups is 1. The predicted molar refractivity (Wildman–Crippen MR) is 56.1 cm³/mol. The third-order valence-electron chi connectivity index (χ3n) is 2.30. The van der Waals surface area contributed by atoms with Gasteiger partial charge in [0.1, 0.15) is 6.54 Å². The summed E-state index contributed by atoms with van der Waals surface area (Å²) < 4.78 is 0. The van der Waals surface area contributed by atoms with Crippen molar-refractivity contribution in [3.05, 3.63) is 0 Å². The number of carbonyl (C=O) groups excluding carboxylic acids is 1. The fourth-order valence-corrected chi connectivity index (χ4v) is 1.41. The van der Waals surface area contributed by atoms with Crippen LogP contribution >= 0.6 is 0 Å². The van der Waals surface area contributed by atoms with E-state index in [4.69, 9.17) is 16.2 Å². The molecule has 8 nitrogen and oxygen atoms in total. The van der Waals surface area contributed by atoms with Gasteiger partial charge in [0.15, 0.2) is 5.96 Å². The van der Waals surface area contributed by atoms with Crippen molar-refractivity contribution in [2.45, 2.75) is 0 Å². The van der Waals surface area contributed by atoms with Crippen LogP contribution in [0.4, 0.5) is 4.79 Å². The third-order valence-corrected chi connectivity index (χ3v) is 2.30. The number of amides is 2. The first kappa shape index (κ1) is 12.1. The molecule has 0 aromatic rings. The Kier molecular flexibility index (Phi) is 3.92. The minimum absolute atomic E-state index is 0.00871. The van der Waals surface area contributed by atoms with Crippen LogP contribution in [0.5, 0.6) is 0 Å². The molecule has 0 spiro atoms. The van der Waals surface area contributed by atoms with Crippen LogP contribution in [0.15, 0.2) is 0 Å². The fourth-order valence-electron chi connectivity index (χ4n) is 1.41. The molecule has 0 aliphatic carbocycles. The molecule has 90 valence electrons. The van der Waals surface area contributed by atoms with Crippen molar-refractivity contribution < 1.29 is 14.7 Å². The zero-order valence-corrected chi connectivity index (χ0v) is 8.77. The zero-order valence-electron chi connectivity index (χ0n) is 8.77. The molecule has 8 heteroatoms. The number of rotatable bonds is 2. The molecule has 0 bridgehead atoms. The lowest BCUT2D eigenvalue weighted by atomic mass is 10.3. The average Bonchev–Trinajstić information content (AvgIpc) is 2.26. The maximum absolute atomic E-state index is 11.4. The van der Waals surface area contributed by atoms with E-state index in [-0.39, 0.29) is 12.5 Å². The summed E-state index contributed by atoms with van der Waals surface area (Å²) >= 11 is 0. The first-order chi connectivity index (χ1) is 7.50. The van der Waals surface area contributed by atoms with E-state index >= 15 is 0 Å². The average molecular weight is 229 g/mol. The molecule has 1 fully saturated rings. The van der Waals surface area contributed by atoms with Gasteiger partial charge in [0.2, 0.25) is 0 Å². The van der Waals surface area contributed by atoms with Crippen molar-refractivity contribution in [1.82, 2.24) is 15.1 Å². The Bertz CT molecular complexity index is 298. The third kappa shape index (κ3) is 3.30. The Morgan fingerprint density at radius 3 is 2.19 bits per heavy atom. The van der Waals surface area contributed by atoms with Gasteiger partial charge in [-0.05, 0) is 0 Å². The number of urea groups is 1. The molecule has 16 heavy (non-hydrogen) atoms. The second-order valence-corrected chi connectivity index (χ2v) is 3.41. The van der Waals surface area contributed by atoms with Gasteiger partial charge >= 0.3 is 12.0 Å². The van der Waals surface area contributed by atoms with Crippen LogP contribution in [-0.2, 0) is 4.79 Å². The van der Waals surface area contributed by atoms with Crippen LogP contribution in [0.3, 0.4) is 0 Å². The molecule has 0 saturated carbocycles. The summed E-state index contributed by atoms with van der Waals surface area (Å²) in [7, 11) is 0. The molecule has 1 aliphatic heterocycles. The van der Waals surface area contributed by atoms with Crippen LogP contribution < -0.4 is 11.1 Å². The van der Waals surface area contributed by atoms with Gasteiger partial charge in [0.25, 0.3) is 0 Å². The smallest absolute Gasteiger partial charge is 0.323 e. The van der Waals surface area contributed by atoms with Gasteiger partial charge in [-0.3, -0.25) is 10.2 Å². The minimum atomic E-state index is -1.07. The van der Waals surface area contributed by atoms with Crippen molar-refractivity contribution in [2.75, 3.05) is 32.7 Å². The first-order valence-corrected chi connectivity index (χ1v) is 4.84. The van der Waals surface area contributed by atoms with E-state index in [0.717, 1.165) is 0 Å². The second kappa shape index (κ2) is 5.19. The van der Waals surface area contributed by atoms with Crippen LogP contribution in [-0.4, -0.2) is 65.6 Å². The molecule has 5 N–H and O–H groups in total.